The second-order valence-electron chi connectivity index (χ2n) is 6.50. The fourth-order valence-corrected chi connectivity index (χ4v) is 2.40. The van der Waals surface area contributed by atoms with Gasteiger partial charge in [0.15, 0.2) is 0 Å². The summed E-state index contributed by atoms with van der Waals surface area (Å²) in [6, 6.07) is 7.76. The van der Waals surface area contributed by atoms with Crippen LogP contribution >= 0.6 is 11.6 Å². The Morgan fingerprint density at radius 1 is 1.17 bits per heavy atom. The molecule has 1 atom stereocenters. The van der Waals surface area contributed by atoms with Crippen molar-refractivity contribution >= 4 is 20.0 Å². The Hall–Kier alpha value is -0.806. The maximum Gasteiger partial charge on any atom is 0.137 e. The van der Waals surface area contributed by atoms with Crippen LogP contribution in [0.3, 0.4) is 0 Å². The molecule has 0 spiro atoms. The normalized spacial score (nSPS) is 13.6. The van der Waals surface area contributed by atoms with Crippen molar-refractivity contribution in [2.24, 2.45) is 5.41 Å². The number of halogens is 1. The van der Waals surface area contributed by atoms with Crippen molar-refractivity contribution in [3.05, 3.63) is 47.5 Å². The number of hydrogen-bond acceptors (Lipinski definition) is 3. The van der Waals surface area contributed by atoms with Gasteiger partial charge in [0, 0.05) is 30.5 Å². The molecule has 2 aromatic rings. The molecule has 2 rings (SSSR count). The third kappa shape index (κ3) is 5.96. The predicted octanol–water partition coefficient (Wildman–Crippen LogP) is 2.96. The largest absolute Gasteiger partial charge is 0.387 e. The Labute approximate surface area is 155 Å². The van der Waals surface area contributed by atoms with E-state index in [1.165, 1.54) is 11.9 Å². The van der Waals surface area contributed by atoms with Crippen LogP contribution in [-0.4, -0.2) is 33.9 Å². The molecule has 0 saturated heterocycles. The molecular weight excluding hydrogens is 360 g/mol. The molecule has 1 N–H and O–H groups in total. The van der Waals surface area contributed by atoms with Crippen LogP contribution in [0.25, 0.3) is 0 Å². The van der Waals surface area contributed by atoms with Crippen LogP contribution in [0.15, 0.2) is 36.9 Å². The van der Waals surface area contributed by atoms with Gasteiger partial charge in [-0.25, -0.2) is 4.98 Å². The second kappa shape index (κ2) is 8.88. The minimum absolute atomic E-state index is 0. The molecule has 4 radical (unpaired) electrons. The van der Waals surface area contributed by atoms with E-state index >= 15 is 0 Å². The van der Waals surface area contributed by atoms with Gasteiger partial charge < -0.3 is 5.11 Å². The topological polar surface area (TPSA) is 50.9 Å². The van der Waals surface area contributed by atoms with Gasteiger partial charge in [-0.3, -0.25) is 4.68 Å². The summed E-state index contributed by atoms with van der Waals surface area (Å²) in [7, 11) is 0. The van der Waals surface area contributed by atoms with Gasteiger partial charge in [-0.2, -0.15) is 5.10 Å². The SMILES string of the molecule is CC(C)(C)C(O)(CCc1ccc(Cl)cc1)Cn1cncn1.[B].[Cu]. The van der Waals surface area contributed by atoms with Crippen LogP contribution < -0.4 is 0 Å². The monoisotopic (exact) mass is 381 g/mol. The van der Waals surface area contributed by atoms with E-state index in [0.29, 0.717) is 13.0 Å². The first-order valence-electron chi connectivity index (χ1n) is 7.09. The third-order valence-corrected chi connectivity index (χ3v) is 4.28. The maximum absolute atomic E-state index is 11.1. The fourth-order valence-electron chi connectivity index (χ4n) is 2.28. The molecule has 1 aromatic heterocycles. The smallest absolute Gasteiger partial charge is 0.137 e. The van der Waals surface area contributed by atoms with Gasteiger partial charge in [-0.15, -0.1) is 0 Å². The van der Waals surface area contributed by atoms with Gasteiger partial charge in [0.05, 0.1) is 12.1 Å². The van der Waals surface area contributed by atoms with E-state index in [4.69, 9.17) is 11.6 Å². The van der Waals surface area contributed by atoms with E-state index in [-0.39, 0.29) is 30.9 Å². The molecule has 0 saturated carbocycles. The van der Waals surface area contributed by atoms with E-state index in [9.17, 15) is 5.11 Å². The molecule has 0 bridgehead atoms. The standard InChI is InChI=1S/C16H22ClN3O.B.Cu/c1-15(2,3)16(21,10-20-12-18-11-19-20)9-8-13-4-6-14(17)7-5-13;;/h4-7,11-12,21H,8-10H2,1-3H3;;. The minimum atomic E-state index is -0.861. The van der Waals surface area contributed by atoms with Gasteiger partial charge in [-0.05, 0) is 36.0 Å². The van der Waals surface area contributed by atoms with Crippen molar-refractivity contribution in [1.29, 1.82) is 0 Å². The van der Waals surface area contributed by atoms with Gasteiger partial charge in [-0.1, -0.05) is 44.5 Å². The van der Waals surface area contributed by atoms with Crippen molar-refractivity contribution < 1.29 is 22.2 Å². The molecule has 0 aliphatic carbocycles. The Kier molecular flexibility index (Phi) is 8.57. The van der Waals surface area contributed by atoms with Gasteiger partial charge in [0.2, 0.25) is 0 Å². The number of aryl methyl sites for hydroxylation is 1. The Balaban J connectivity index is 0.00000242. The molecule has 128 valence electrons. The third-order valence-electron chi connectivity index (χ3n) is 4.03. The molecular formula is C16H22BClCuN3O. The molecule has 0 aliphatic heterocycles. The molecule has 0 aliphatic rings. The maximum atomic E-state index is 11.1. The van der Waals surface area contributed by atoms with E-state index in [1.807, 2.05) is 45.0 Å². The van der Waals surface area contributed by atoms with Crippen LogP contribution in [0.2, 0.25) is 5.02 Å². The zero-order valence-corrected chi connectivity index (χ0v) is 15.3. The van der Waals surface area contributed by atoms with Crippen LogP contribution in [0.5, 0.6) is 0 Å². The predicted molar refractivity (Wildman–Crippen MR) is 90.0 cm³/mol. The molecule has 1 heterocycles. The van der Waals surface area contributed by atoms with Gasteiger partial charge in [0.1, 0.15) is 12.7 Å². The van der Waals surface area contributed by atoms with Crippen LogP contribution in [0, 0.1) is 5.41 Å². The molecule has 0 fully saturated rings. The Bertz CT molecular complexity index is 572. The van der Waals surface area contributed by atoms with Crippen LogP contribution in [-0.2, 0) is 30.0 Å². The Morgan fingerprint density at radius 2 is 1.78 bits per heavy atom. The molecule has 7 heteroatoms. The molecule has 23 heavy (non-hydrogen) atoms. The number of aliphatic hydroxyl groups is 1. The van der Waals surface area contributed by atoms with E-state index in [2.05, 4.69) is 10.1 Å². The minimum Gasteiger partial charge on any atom is -0.387 e. The average Bonchev–Trinajstić information content (AvgIpc) is 2.89. The van der Waals surface area contributed by atoms with Gasteiger partial charge >= 0.3 is 0 Å². The van der Waals surface area contributed by atoms with Crippen LogP contribution in [0.1, 0.15) is 32.8 Å². The summed E-state index contributed by atoms with van der Waals surface area (Å²) in [5.74, 6) is 0. The van der Waals surface area contributed by atoms with Crippen molar-refractivity contribution in [3.63, 3.8) is 0 Å². The van der Waals surface area contributed by atoms with E-state index in [1.54, 1.807) is 11.0 Å². The first kappa shape index (κ1) is 22.2. The summed E-state index contributed by atoms with van der Waals surface area (Å²) in [5, 5.41) is 16.0. The zero-order valence-electron chi connectivity index (χ0n) is 13.6. The van der Waals surface area contributed by atoms with Crippen LogP contribution in [0.4, 0.5) is 0 Å². The van der Waals surface area contributed by atoms with Crippen molar-refractivity contribution in [1.82, 2.24) is 14.8 Å². The molecule has 1 unspecified atom stereocenters. The molecule has 4 nitrogen and oxygen atoms in total. The zero-order chi connectivity index (χ0) is 15.5. The van der Waals surface area contributed by atoms with Gasteiger partial charge in [0.25, 0.3) is 0 Å². The first-order valence-corrected chi connectivity index (χ1v) is 7.47. The van der Waals surface area contributed by atoms with Crippen molar-refractivity contribution in [2.75, 3.05) is 0 Å². The van der Waals surface area contributed by atoms with Crippen molar-refractivity contribution in [2.45, 2.75) is 45.8 Å². The number of hydrogen-bond donors (Lipinski definition) is 1. The van der Waals surface area contributed by atoms with E-state index in [0.717, 1.165) is 11.4 Å². The summed E-state index contributed by atoms with van der Waals surface area (Å²) in [6.07, 6.45) is 4.57. The number of aromatic nitrogens is 3. The average molecular weight is 382 g/mol. The van der Waals surface area contributed by atoms with Crippen molar-refractivity contribution in [3.8, 4) is 0 Å². The first-order chi connectivity index (χ1) is 9.80. The summed E-state index contributed by atoms with van der Waals surface area (Å²) >= 11 is 5.90. The summed E-state index contributed by atoms with van der Waals surface area (Å²) < 4.78 is 1.69. The number of rotatable bonds is 5. The number of nitrogens with zero attached hydrogens (tertiary/aromatic N) is 3. The summed E-state index contributed by atoms with van der Waals surface area (Å²) in [6.45, 7) is 6.58. The fraction of sp³-hybridized carbons (Fsp3) is 0.500. The van der Waals surface area contributed by atoms with E-state index < -0.39 is 5.60 Å². The quantitative estimate of drug-likeness (QED) is 0.810. The molecule has 0 amide bonds. The Morgan fingerprint density at radius 3 is 2.26 bits per heavy atom. The summed E-state index contributed by atoms with van der Waals surface area (Å²) in [5.41, 5.74) is 0.0479. The second-order valence-corrected chi connectivity index (χ2v) is 6.94. The number of benzene rings is 1. The summed E-state index contributed by atoms with van der Waals surface area (Å²) in [4.78, 5) is 3.94. The molecule has 1 aromatic carbocycles.